The lowest BCUT2D eigenvalue weighted by atomic mass is 10.1. The van der Waals surface area contributed by atoms with E-state index in [9.17, 15) is 13.6 Å². The summed E-state index contributed by atoms with van der Waals surface area (Å²) in [5.41, 5.74) is 0.361. The van der Waals surface area contributed by atoms with E-state index in [1.807, 2.05) is 12.1 Å². The maximum absolute atomic E-state index is 14.0. The van der Waals surface area contributed by atoms with Crippen LogP contribution in [0.15, 0.2) is 42.5 Å². The molecule has 0 radical (unpaired) electrons. The highest BCUT2D eigenvalue weighted by Crippen LogP contribution is 2.36. The summed E-state index contributed by atoms with van der Waals surface area (Å²) in [5, 5.41) is -0.173. The number of benzene rings is 2. The number of methoxy groups -OCH3 is 1. The first-order valence-electron chi connectivity index (χ1n) is 8.68. The number of hydrogen-bond donors (Lipinski definition) is 0. The van der Waals surface area contributed by atoms with Gasteiger partial charge in [-0.25, -0.2) is 8.78 Å². The van der Waals surface area contributed by atoms with Crippen LogP contribution in [0.2, 0.25) is 0 Å². The lowest BCUT2D eigenvalue weighted by molar-refractivity contribution is -0.133. The van der Waals surface area contributed by atoms with Crippen LogP contribution in [0.1, 0.15) is 17.2 Å². The maximum atomic E-state index is 14.0. The first-order valence-corrected chi connectivity index (χ1v) is 9.73. The van der Waals surface area contributed by atoms with Gasteiger partial charge in [0.25, 0.3) is 5.91 Å². The molecule has 27 heavy (non-hydrogen) atoms. The molecule has 2 aromatic carbocycles. The standard InChI is InChI=1S/C20H21F2NO3S/c1-25-17-4-2-3-5-18(17)26-13-20(24)23-9-8-19(27-11-10-23)15-12-14(21)6-7-16(15)22/h2-7,12,19H,8-11,13H2,1H3. The second kappa shape index (κ2) is 9.08. The topological polar surface area (TPSA) is 38.8 Å². The molecule has 0 aromatic heterocycles. The second-order valence-electron chi connectivity index (χ2n) is 6.13. The molecule has 144 valence electrons. The van der Waals surface area contributed by atoms with Crippen molar-refractivity contribution in [2.75, 3.05) is 32.6 Å². The summed E-state index contributed by atoms with van der Waals surface area (Å²) in [4.78, 5) is 14.2. The highest BCUT2D eigenvalue weighted by molar-refractivity contribution is 7.99. The first-order chi connectivity index (χ1) is 13.1. The highest BCUT2D eigenvalue weighted by atomic mass is 32.2. The zero-order valence-corrected chi connectivity index (χ0v) is 15.8. The van der Waals surface area contributed by atoms with E-state index >= 15 is 0 Å². The lowest BCUT2D eigenvalue weighted by Gasteiger charge is -2.21. The molecule has 2 aromatic rings. The minimum Gasteiger partial charge on any atom is -0.493 e. The smallest absolute Gasteiger partial charge is 0.260 e. The van der Waals surface area contributed by atoms with Gasteiger partial charge in [-0.05, 0) is 36.8 Å². The van der Waals surface area contributed by atoms with E-state index in [1.54, 1.807) is 35.9 Å². The van der Waals surface area contributed by atoms with E-state index in [1.165, 1.54) is 6.07 Å². The average molecular weight is 393 g/mol. The van der Waals surface area contributed by atoms with Crippen molar-refractivity contribution in [3.63, 3.8) is 0 Å². The van der Waals surface area contributed by atoms with Crippen LogP contribution < -0.4 is 9.47 Å². The van der Waals surface area contributed by atoms with Gasteiger partial charge >= 0.3 is 0 Å². The van der Waals surface area contributed by atoms with Gasteiger partial charge in [0.2, 0.25) is 0 Å². The maximum Gasteiger partial charge on any atom is 0.260 e. The summed E-state index contributed by atoms with van der Waals surface area (Å²) in [6, 6.07) is 10.7. The minimum atomic E-state index is -0.450. The molecule has 1 amide bonds. The van der Waals surface area contributed by atoms with E-state index in [0.29, 0.717) is 42.3 Å². The molecule has 3 rings (SSSR count). The summed E-state index contributed by atoms with van der Waals surface area (Å²) in [5.74, 6) is 0.737. The van der Waals surface area contributed by atoms with Crippen LogP contribution in [0.5, 0.6) is 11.5 Å². The Morgan fingerprint density at radius 3 is 2.74 bits per heavy atom. The number of thioether (sulfide) groups is 1. The van der Waals surface area contributed by atoms with Gasteiger partial charge in [0.05, 0.1) is 7.11 Å². The summed E-state index contributed by atoms with van der Waals surface area (Å²) in [6.07, 6.45) is 0.561. The van der Waals surface area contributed by atoms with E-state index < -0.39 is 11.6 Å². The van der Waals surface area contributed by atoms with Gasteiger partial charge in [0, 0.05) is 29.7 Å². The van der Waals surface area contributed by atoms with Crippen LogP contribution in [0.4, 0.5) is 8.78 Å². The molecule has 0 bridgehead atoms. The number of amides is 1. The fourth-order valence-corrected chi connectivity index (χ4v) is 4.24. The molecule has 0 spiro atoms. The molecule has 4 nitrogen and oxygen atoms in total. The molecule has 1 atom stereocenters. The number of para-hydroxylation sites is 2. The fraction of sp³-hybridized carbons (Fsp3) is 0.350. The van der Waals surface area contributed by atoms with Gasteiger partial charge in [-0.3, -0.25) is 4.79 Å². The van der Waals surface area contributed by atoms with Crippen LogP contribution >= 0.6 is 11.8 Å². The van der Waals surface area contributed by atoms with Crippen LogP contribution in [-0.4, -0.2) is 43.4 Å². The summed E-state index contributed by atoms with van der Waals surface area (Å²) < 4.78 is 38.3. The Hall–Kier alpha value is -2.28. The van der Waals surface area contributed by atoms with Gasteiger partial charge in [-0.1, -0.05) is 12.1 Å². The molecule has 0 saturated carbocycles. The van der Waals surface area contributed by atoms with E-state index in [-0.39, 0.29) is 17.8 Å². The number of rotatable bonds is 5. The van der Waals surface area contributed by atoms with Gasteiger partial charge in [-0.15, -0.1) is 0 Å². The van der Waals surface area contributed by atoms with Crippen molar-refractivity contribution < 1.29 is 23.0 Å². The van der Waals surface area contributed by atoms with Crippen molar-refractivity contribution in [3.05, 3.63) is 59.7 Å². The quantitative estimate of drug-likeness (QED) is 0.768. The molecule has 1 fully saturated rings. The Labute approximate surface area is 161 Å². The van der Waals surface area contributed by atoms with Crippen molar-refractivity contribution in [1.29, 1.82) is 0 Å². The molecule has 7 heteroatoms. The highest BCUT2D eigenvalue weighted by Gasteiger charge is 2.24. The summed E-state index contributed by atoms with van der Waals surface area (Å²) in [7, 11) is 1.54. The minimum absolute atomic E-state index is 0.0932. The Morgan fingerprint density at radius 1 is 1.19 bits per heavy atom. The van der Waals surface area contributed by atoms with Crippen molar-refractivity contribution in [2.24, 2.45) is 0 Å². The van der Waals surface area contributed by atoms with E-state index in [2.05, 4.69) is 0 Å². The number of ether oxygens (including phenoxy) is 2. The Bertz CT molecular complexity index is 803. The van der Waals surface area contributed by atoms with Crippen molar-refractivity contribution in [1.82, 2.24) is 4.90 Å². The van der Waals surface area contributed by atoms with Gasteiger partial charge in [-0.2, -0.15) is 11.8 Å². The van der Waals surface area contributed by atoms with Crippen molar-refractivity contribution >= 4 is 17.7 Å². The predicted molar refractivity (Wildman–Crippen MR) is 101 cm³/mol. The number of nitrogens with zero attached hydrogens (tertiary/aromatic N) is 1. The fourth-order valence-electron chi connectivity index (χ4n) is 3.00. The molecular formula is C20H21F2NO3S. The van der Waals surface area contributed by atoms with Crippen molar-refractivity contribution in [2.45, 2.75) is 11.7 Å². The molecule has 1 unspecified atom stereocenters. The predicted octanol–water partition coefficient (Wildman–Crippen LogP) is 4.06. The van der Waals surface area contributed by atoms with Crippen LogP contribution in [0, 0.1) is 11.6 Å². The summed E-state index contributed by atoms with van der Waals surface area (Å²) in [6.45, 7) is 0.929. The SMILES string of the molecule is COc1ccccc1OCC(=O)N1CCSC(c2cc(F)ccc2F)CC1. The third kappa shape index (κ3) is 4.91. The normalized spacial score (nSPS) is 17.3. The molecular weight excluding hydrogens is 372 g/mol. The molecule has 1 aliphatic rings. The Kier molecular flexibility index (Phi) is 6.55. The number of hydrogen-bond acceptors (Lipinski definition) is 4. The average Bonchev–Trinajstić information content (AvgIpc) is 2.94. The number of carbonyl (C=O) groups excluding carboxylic acids is 1. The van der Waals surface area contributed by atoms with Crippen LogP contribution in [0.3, 0.4) is 0 Å². The lowest BCUT2D eigenvalue weighted by Crippen LogP contribution is -2.36. The number of halogens is 2. The second-order valence-corrected chi connectivity index (χ2v) is 7.44. The zero-order valence-electron chi connectivity index (χ0n) is 15.0. The summed E-state index contributed by atoms with van der Waals surface area (Å²) >= 11 is 1.54. The molecule has 1 saturated heterocycles. The van der Waals surface area contributed by atoms with E-state index in [4.69, 9.17) is 9.47 Å². The van der Waals surface area contributed by atoms with Gasteiger partial charge in [0.1, 0.15) is 11.6 Å². The van der Waals surface area contributed by atoms with Crippen LogP contribution in [0.25, 0.3) is 0 Å². The largest absolute Gasteiger partial charge is 0.493 e. The monoisotopic (exact) mass is 393 g/mol. The Balaban J connectivity index is 1.59. The van der Waals surface area contributed by atoms with Gasteiger partial charge in [0.15, 0.2) is 18.1 Å². The molecule has 1 aliphatic heterocycles. The van der Waals surface area contributed by atoms with Crippen molar-refractivity contribution in [3.8, 4) is 11.5 Å². The molecule has 1 heterocycles. The van der Waals surface area contributed by atoms with E-state index in [0.717, 1.165) is 12.1 Å². The Morgan fingerprint density at radius 2 is 1.96 bits per heavy atom. The molecule has 0 aliphatic carbocycles. The van der Waals surface area contributed by atoms with Crippen LogP contribution in [-0.2, 0) is 4.79 Å². The van der Waals surface area contributed by atoms with Gasteiger partial charge < -0.3 is 14.4 Å². The molecule has 0 N–H and O–H groups in total. The number of carbonyl (C=O) groups is 1. The zero-order chi connectivity index (χ0) is 19.2. The first kappa shape index (κ1) is 19.5. The third-order valence-corrected chi connectivity index (χ3v) is 5.73. The third-order valence-electron chi connectivity index (χ3n) is 4.42.